The monoisotopic (exact) mass is 278 g/mol. The molecule has 0 aromatic heterocycles. The maximum Gasteiger partial charge on any atom is 0.407 e. The first-order valence-electron chi connectivity index (χ1n) is 2.59. The van der Waals surface area contributed by atoms with Gasteiger partial charge < -0.3 is 5.73 Å². The SMILES string of the molecule is NC=C(I)C=NCC(F)(F)F. The first-order chi connectivity index (χ1) is 4.95. The van der Waals surface area contributed by atoms with Crippen molar-refractivity contribution < 1.29 is 13.2 Å². The van der Waals surface area contributed by atoms with Gasteiger partial charge in [0.05, 0.1) is 0 Å². The predicted octanol–water partition coefficient (Wildman–Crippen LogP) is 1.85. The topological polar surface area (TPSA) is 38.4 Å². The van der Waals surface area contributed by atoms with Gasteiger partial charge in [0.25, 0.3) is 0 Å². The van der Waals surface area contributed by atoms with E-state index in [0.29, 0.717) is 3.58 Å². The van der Waals surface area contributed by atoms with Crippen LogP contribution < -0.4 is 5.73 Å². The number of nitrogens with two attached hydrogens (primary N) is 1. The second-order valence-electron chi connectivity index (χ2n) is 1.64. The van der Waals surface area contributed by atoms with E-state index in [1.54, 1.807) is 22.6 Å². The van der Waals surface area contributed by atoms with Crippen LogP contribution in [-0.4, -0.2) is 18.9 Å². The molecule has 0 saturated carbocycles. The van der Waals surface area contributed by atoms with Crippen molar-refractivity contribution in [1.82, 2.24) is 0 Å². The molecule has 0 atom stereocenters. The Balaban J connectivity index is 3.79. The first kappa shape index (κ1) is 10.7. The van der Waals surface area contributed by atoms with E-state index in [9.17, 15) is 13.2 Å². The van der Waals surface area contributed by atoms with Gasteiger partial charge in [0, 0.05) is 16.0 Å². The van der Waals surface area contributed by atoms with Gasteiger partial charge in [-0.1, -0.05) is 0 Å². The van der Waals surface area contributed by atoms with E-state index in [-0.39, 0.29) is 0 Å². The highest BCUT2D eigenvalue weighted by atomic mass is 127. The summed E-state index contributed by atoms with van der Waals surface area (Å²) in [5.41, 5.74) is 4.98. The van der Waals surface area contributed by atoms with Gasteiger partial charge in [0.1, 0.15) is 6.54 Å². The van der Waals surface area contributed by atoms with Crippen LogP contribution in [-0.2, 0) is 0 Å². The van der Waals surface area contributed by atoms with Gasteiger partial charge in [-0.05, 0) is 22.6 Å². The minimum atomic E-state index is -4.23. The standard InChI is InChI=1S/C5H6F3IN2/c6-5(7,8)3-11-2-4(9)1-10/h1-2H,3,10H2. The van der Waals surface area contributed by atoms with Gasteiger partial charge in [0.15, 0.2) is 0 Å². The van der Waals surface area contributed by atoms with Crippen molar-refractivity contribution in [3.63, 3.8) is 0 Å². The largest absolute Gasteiger partial charge is 0.407 e. The fraction of sp³-hybridized carbons (Fsp3) is 0.400. The molecule has 0 aliphatic carbocycles. The maximum absolute atomic E-state index is 11.4. The van der Waals surface area contributed by atoms with Crippen molar-refractivity contribution in [1.29, 1.82) is 0 Å². The molecule has 0 rings (SSSR count). The Kier molecular flexibility index (Phi) is 4.46. The van der Waals surface area contributed by atoms with Crippen molar-refractivity contribution in [2.75, 3.05) is 6.54 Å². The quantitative estimate of drug-likeness (QED) is 0.607. The van der Waals surface area contributed by atoms with E-state index < -0.39 is 12.7 Å². The molecule has 0 saturated heterocycles. The molecule has 0 aromatic carbocycles. The maximum atomic E-state index is 11.4. The van der Waals surface area contributed by atoms with Crippen LogP contribution in [0.3, 0.4) is 0 Å². The zero-order valence-corrected chi connectivity index (χ0v) is 7.56. The number of hydrogen-bond acceptors (Lipinski definition) is 2. The van der Waals surface area contributed by atoms with Crippen LogP contribution in [0, 0.1) is 0 Å². The Morgan fingerprint density at radius 1 is 1.55 bits per heavy atom. The smallest absolute Gasteiger partial charge is 0.404 e. The van der Waals surface area contributed by atoms with Crippen LogP contribution in [0.1, 0.15) is 0 Å². The molecule has 2 N–H and O–H groups in total. The van der Waals surface area contributed by atoms with E-state index >= 15 is 0 Å². The van der Waals surface area contributed by atoms with Crippen molar-refractivity contribution in [3.8, 4) is 0 Å². The van der Waals surface area contributed by atoms with Crippen LogP contribution in [0.4, 0.5) is 13.2 Å². The summed E-state index contributed by atoms with van der Waals surface area (Å²) < 4.78 is 34.8. The van der Waals surface area contributed by atoms with Gasteiger partial charge in [-0.3, -0.25) is 4.99 Å². The van der Waals surface area contributed by atoms with Crippen molar-refractivity contribution >= 4 is 28.8 Å². The molecule has 0 unspecified atom stereocenters. The number of rotatable bonds is 2. The van der Waals surface area contributed by atoms with Crippen LogP contribution in [0.15, 0.2) is 14.8 Å². The molecular formula is C5H6F3IN2. The van der Waals surface area contributed by atoms with Crippen LogP contribution in [0.5, 0.6) is 0 Å². The van der Waals surface area contributed by atoms with Crippen LogP contribution in [0.25, 0.3) is 0 Å². The van der Waals surface area contributed by atoms with Crippen LogP contribution in [0.2, 0.25) is 0 Å². The third kappa shape index (κ3) is 7.63. The number of alkyl halides is 3. The molecular weight excluding hydrogens is 272 g/mol. The highest BCUT2D eigenvalue weighted by Crippen LogP contribution is 2.14. The average Bonchev–Trinajstić information content (AvgIpc) is 1.85. The molecule has 2 nitrogen and oxygen atoms in total. The van der Waals surface area contributed by atoms with Gasteiger partial charge in [-0.15, -0.1) is 0 Å². The van der Waals surface area contributed by atoms with Gasteiger partial charge in [0.2, 0.25) is 0 Å². The Hall–Kier alpha value is -0.270. The lowest BCUT2D eigenvalue weighted by atomic mass is 10.6. The molecule has 64 valence electrons. The lowest BCUT2D eigenvalue weighted by Crippen LogP contribution is -2.11. The predicted molar refractivity (Wildman–Crippen MR) is 45.7 cm³/mol. The Labute approximate surface area is 75.5 Å². The minimum Gasteiger partial charge on any atom is -0.404 e. The molecule has 0 amide bonds. The molecule has 0 aliphatic rings. The fourth-order valence-electron chi connectivity index (χ4n) is 0.279. The summed E-state index contributed by atoms with van der Waals surface area (Å²) in [5.74, 6) is 0. The summed E-state index contributed by atoms with van der Waals surface area (Å²) >= 11 is 1.78. The highest BCUT2D eigenvalue weighted by Gasteiger charge is 2.25. The molecule has 0 aromatic rings. The Morgan fingerprint density at radius 2 is 2.09 bits per heavy atom. The van der Waals surface area contributed by atoms with E-state index in [1.165, 1.54) is 6.20 Å². The fourth-order valence-corrected chi connectivity index (χ4v) is 0.476. The zero-order valence-electron chi connectivity index (χ0n) is 5.40. The number of allylic oxidation sites excluding steroid dienone is 1. The lowest BCUT2D eigenvalue weighted by molar-refractivity contribution is -0.118. The van der Waals surface area contributed by atoms with E-state index in [1.807, 2.05) is 0 Å². The summed E-state index contributed by atoms with van der Waals surface area (Å²) in [5, 5.41) is 0. The molecule has 0 bridgehead atoms. The molecule has 0 radical (unpaired) electrons. The molecule has 11 heavy (non-hydrogen) atoms. The molecule has 0 fully saturated rings. The molecule has 0 aliphatic heterocycles. The summed E-state index contributed by atoms with van der Waals surface area (Å²) in [6.07, 6.45) is -1.98. The average molecular weight is 278 g/mol. The lowest BCUT2D eigenvalue weighted by Gasteiger charge is -1.99. The summed E-state index contributed by atoms with van der Waals surface area (Å²) in [7, 11) is 0. The summed E-state index contributed by atoms with van der Waals surface area (Å²) in [4.78, 5) is 3.11. The Morgan fingerprint density at radius 3 is 2.45 bits per heavy atom. The van der Waals surface area contributed by atoms with Crippen molar-refractivity contribution in [2.24, 2.45) is 10.7 Å². The minimum absolute atomic E-state index is 0.479. The summed E-state index contributed by atoms with van der Waals surface area (Å²) in [6, 6.07) is 0. The second-order valence-corrected chi connectivity index (χ2v) is 2.88. The third-order valence-electron chi connectivity index (χ3n) is 0.644. The number of aliphatic imine (C=N–C) groups is 1. The molecule has 0 spiro atoms. The third-order valence-corrected chi connectivity index (χ3v) is 1.28. The normalized spacial score (nSPS) is 14.4. The summed E-state index contributed by atoms with van der Waals surface area (Å²) in [6.45, 7) is -1.16. The zero-order chi connectivity index (χ0) is 8.91. The van der Waals surface area contributed by atoms with E-state index in [0.717, 1.165) is 6.21 Å². The molecule has 6 heteroatoms. The van der Waals surface area contributed by atoms with E-state index in [2.05, 4.69) is 4.99 Å². The second kappa shape index (κ2) is 4.58. The number of hydrogen-bond donors (Lipinski definition) is 1. The van der Waals surface area contributed by atoms with Crippen molar-refractivity contribution in [2.45, 2.75) is 6.18 Å². The van der Waals surface area contributed by atoms with Crippen molar-refractivity contribution in [3.05, 3.63) is 9.78 Å². The number of halogens is 4. The van der Waals surface area contributed by atoms with Gasteiger partial charge >= 0.3 is 6.18 Å². The van der Waals surface area contributed by atoms with Gasteiger partial charge in [-0.25, -0.2) is 0 Å². The highest BCUT2D eigenvalue weighted by molar-refractivity contribution is 14.1. The van der Waals surface area contributed by atoms with Gasteiger partial charge in [-0.2, -0.15) is 13.2 Å². The first-order valence-corrected chi connectivity index (χ1v) is 3.67. The molecule has 0 heterocycles. The van der Waals surface area contributed by atoms with Crippen LogP contribution >= 0.6 is 22.6 Å². The van der Waals surface area contributed by atoms with E-state index in [4.69, 9.17) is 5.73 Å². The Bertz CT molecular complexity index is 173. The number of nitrogens with zero attached hydrogens (tertiary/aromatic N) is 1.